The predicted molar refractivity (Wildman–Crippen MR) is 288 cm³/mol. The van der Waals surface area contributed by atoms with Crippen LogP contribution in [0.1, 0.15) is 5.56 Å². The van der Waals surface area contributed by atoms with Crippen LogP contribution in [0.5, 0.6) is 0 Å². The highest BCUT2D eigenvalue weighted by Gasteiger charge is 2.34. The SMILES string of the molecule is [C-]#[N+]c1c(-n2c3ccccc3c3ccccc32)c(C#N)c(-n2c3ccccc3c3c4sc5ccccc5c4ccc32)c(-n2c3ccccc3c3ccccc32)c1-n1c2ccccc2c2ccccc21. The van der Waals surface area contributed by atoms with Crippen molar-refractivity contribution in [2.45, 2.75) is 0 Å². The summed E-state index contributed by atoms with van der Waals surface area (Å²) in [7, 11) is 0. The Balaban J connectivity index is 1.28. The number of fused-ring (bicyclic) bond motifs is 16. The van der Waals surface area contributed by atoms with Gasteiger partial charge in [-0.2, -0.15) is 5.26 Å². The molecule has 5 aromatic heterocycles. The van der Waals surface area contributed by atoms with E-state index in [-0.39, 0.29) is 0 Å². The van der Waals surface area contributed by atoms with Gasteiger partial charge in [0.2, 0.25) is 5.69 Å². The molecule has 0 saturated heterocycles. The second-order valence-corrected chi connectivity index (χ2v) is 18.8. The first-order valence-electron chi connectivity index (χ1n) is 23.0. The largest absolute Gasteiger partial charge is 0.318 e. The maximum Gasteiger partial charge on any atom is 0.237 e. The first-order valence-corrected chi connectivity index (χ1v) is 23.9. The van der Waals surface area contributed by atoms with Crippen LogP contribution in [0.2, 0.25) is 0 Å². The average molecular weight is 895 g/mol. The van der Waals surface area contributed by atoms with E-state index in [1.165, 1.54) is 20.2 Å². The van der Waals surface area contributed by atoms with Crippen molar-refractivity contribution < 1.29 is 0 Å². The Morgan fingerprint density at radius 1 is 0.348 bits per heavy atom. The molecule has 0 atom stereocenters. The Kier molecular flexibility index (Phi) is 7.70. The maximum atomic E-state index is 12.4. The zero-order valence-electron chi connectivity index (χ0n) is 36.7. The van der Waals surface area contributed by atoms with Crippen molar-refractivity contribution in [1.82, 2.24) is 18.3 Å². The monoisotopic (exact) mass is 894 g/mol. The van der Waals surface area contributed by atoms with E-state index in [0.29, 0.717) is 28.3 Å². The molecule has 0 unspecified atom stereocenters. The standard InChI is InChI=1S/C62H34N6S/c1-64-57-58(65-47-26-10-2-18-37(47)38-19-3-11-27-48(38)65)46(36-63)59(68-53-32-16-8-25-45(53)56-54(68)35-34-44-43-24-9-17-33-55(43)69-62(44)56)61(67-51-30-14-6-22-41(51)42-23-7-15-31-52(42)67)60(57)66-49-28-12-4-20-39(49)40-21-5-13-29-50(40)66/h2-35H. The maximum absolute atomic E-state index is 12.4. The van der Waals surface area contributed by atoms with Crippen LogP contribution in [0.15, 0.2) is 206 Å². The second-order valence-electron chi connectivity index (χ2n) is 17.7. The van der Waals surface area contributed by atoms with Gasteiger partial charge < -0.3 is 18.3 Å². The summed E-state index contributed by atoms with van der Waals surface area (Å²) < 4.78 is 11.6. The van der Waals surface area contributed by atoms with Gasteiger partial charge in [0.25, 0.3) is 0 Å². The molecule has 6 nitrogen and oxygen atoms in total. The summed E-state index contributed by atoms with van der Waals surface area (Å²) in [5.74, 6) is 0. The lowest BCUT2D eigenvalue weighted by atomic mass is 10.0. The highest BCUT2D eigenvalue weighted by atomic mass is 32.1. The van der Waals surface area contributed by atoms with Crippen LogP contribution in [0.3, 0.4) is 0 Å². The number of benzene rings is 10. The Morgan fingerprint density at radius 2 is 0.710 bits per heavy atom. The Bertz CT molecular complexity index is 4660. The van der Waals surface area contributed by atoms with Crippen LogP contribution >= 0.6 is 11.3 Å². The number of aromatic nitrogens is 4. The Labute approximate surface area is 398 Å². The summed E-state index contributed by atoms with van der Waals surface area (Å²) in [5.41, 5.74) is 11.1. The van der Waals surface area contributed by atoms with Gasteiger partial charge in [0.05, 0.1) is 79.0 Å². The minimum absolute atomic E-state index is 0.373. The quantitative estimate of drug-likeness (QED) is 0.162. The summed E-state index contributed by atoms with van der Waals surface area (Å²) in [5, 5.41) is 23.4. The zero-order valence-corrected chi connectivity index (χ0v) is 37.5. The molecule has 0 saturated carbocycles. The van der Waals surface area contributed by atoms with E-state index in [4.69, 9.17) is 4.85 Å². The number of hydrogen-bond donors (Lipinski definition) is 0. The number of thiophene rings is 1. The van der Waals surface area contributed by atoms with E-state index in [2.05, 4.69) is 218 Å². The van der Waals surface area contributed by atoms with Crippen LogP contribution in [-0.2, 0) is 0 Å². The van der Waals surface area contributed by atoms with Crippen molar-refractivity contribution in [2.75, 3.05) is 0 Å². The third-order valence-electron chi connectivity index (χ3n) is 14.4. The Hall–Kier alpha value is -9.40. The van der Waals surface area contributed by atoms with Gasteiger partial charge in [0, 0.05) is 63.3 Å². The summed E-state index contributed by atoms with van der Waals surface area (Å²) in [6.45, 7) is 9.61. The van der Waals surface area contributed by atoms with Gasteiger partial charge in [0.15, 0.2) is 0 Å². The molecule has 69 heavy (non-hydrogen) atoms. The predicted octanol–water partition coefficient (Wildman–Crippen LogP) is 16.9. The number of hydrogen-bond acceptors (Lipinski definition) is 2. The molecule has 0 bridgehead atoms. The molecular weight excluding hydrogens is 861 g/mol. The van der Waals surface area contributed by atoms with Crippen molar-refractivity contribution in [3.05, 3.63) is 223 Å². The molecule has 15 rings (SSSR count). The van der Waals surface area contributed by atoms with Crippen molar-refractivity contribution in [1.29, 1.82) is 5.26 Å². The average Bonchev–Trinajstić information content (AvgIpc) is 4.21. The van der Waals surface area contributed by atoms with Crippen LogP contribution in [0.25, 0.3) is 135 Å². The van der Waals surface area contributed by atoms with Crippen molar-refractivity contribution in [3.8, 4) is 28.8 Å². The molecule has 0 radical (unpaired) electrons. The summed E-state index contributed by atoms with van der Waals surface area (Å²) in [6.07, 6.45) is 0. The molecule has 0 aliphatic heterocycles. The van der Waals surface area contributed by atoms with Gasteiger partial charge in [-0.25, -0.2) is 4.85 Å². The summed E-state index contributed by atoms with van der Waals surface area (Å²) >= 11 is 1.81. The number of nitriles is 1. The van der Waals surface area contributed by atoms with Crippen molar-refractivity contribution in [3.63, 3.8) is 0 Å². The molecule has 10 aromatic carbocycles. The normalized spacial score (nSPS) is 12.0. The van der Waals surface area contributed by atoms with Crippen molar-refractivity contribution >= 4 is 124 Å². The summed E-state index contributed by atoms with van der Waals surface area (Å²) in [6, 6.07) is 75.5. The van der Waals surface area contributed by atoms with E-state index in [9.17, 15) is 11.8 Å². The number of para-hydroxylation sites is 7. The van der Waals surface area contributed by atoms with E-state index in [1.54, 1.807) is 0 Å². The molecule has 0 fully saturated rings. The molecule has 5 heterocycles. The second kappa shape index (κ2) is 14.1. The van der Waals surface area contributed by atoms with Gasteiger partial charge in [-0.05, 0) is 54.6 Å². The molecular formula is C62H34N6S. The van der Waals surface area contributed by atoms with E-state index in [1.807, 2.05) is 23.5 Å². The van der Waals surface area contributed by atoms with E-state index < -0.39 is 0 Å². The third kappa shape index (κ3) is 4.91. The van der Waals surface area contributed by atoms with Gasteiger partial charge in [-0.15, -0.1) is 11.3 Å². The lowest BCUT2D eigenvalue weighted by Crippen LogP contribution is -2.14. The highest BCUT2D eigenvalue weighted by Crippen LogP contribution is 2.52. The Morgan fingerprint density at radius 3 is 1.16 bits per heavy atom. The van der Waals surface area contributed by atoms with E-state index >= 15 is 0 Å². The summed E-state index contributed by atoms with van der Waals surface area (Å²) in [4.78, 5) is 4.70. The molecule has 0 spiro atoms. The van der Waals surface area contributed by atoms with Crippen LogP contribution in [0, 0.1) is 17.9 Å². The lowest BCUT2D eigenvalue weighted by molar-refractivity contribution is 1.03. The van der Waals surface area contributed by atoms with Gasteiger partial charge in [-0.3, -0.25) is 0 Å². The zero-order chi connectivity index (χ0) is 45.5. The van der Waals surface area contributed by atoms with Gasteiger partial charge in [0.1, 0.15) is 6.07 Å². The minimum atomic E-state index is 0.373. The first kappa shape index (κ1) is 37.8. The highest BCUT2D eigenvalue weighted by molar-refractivity contribution is 7.26. The lowest BCUT2D eigenvalue weighted by Gasteiger charge is -2.27. The third-order valence-corrected chi connectivity index (χ3v) is 15.6. The topological polar surface area (TPSA) is 47.9 Å². The molecule has 0 aliphatic rings. The van der Waals surface area contributed by atoms with Crippen molar-refractivity contribution in [2.24, 2.45) is 0 Å². The fourth-order valence-corrected chi connectivity index (χ4v) is 13.0. The van der Waals surface area contributed by atoms with Gasteiger partial charge >= 0.3 is 0 Å². The smallest absolute Gasteiger partial charge is 0.237 e. The fourth-order valence-electron chi connectivity index (χ4n) is 11.7. The van der Waals surface area contributed by atoms with Crippen LogP contribution in [0.4, 0.5) is 5.69 Å². The molecule has 318 valence electrons. The molecule has 7 heteroatoms. The van der Waals surface area contributed by atoms with Crippen LogP contribution < -0.4 is 0 Å². The molecule has 0 amide bonds. The molecule has 0 aliphatic carbocycles. The molecule has 15 aromatic rings. The molecule has 0 N–H and O–H groups in total. The number of nitrogens with zero attached hydrogens (tertiary/aromatic N) is 6. The van der Waals surface area contributed by atoms with Crippen LogP contribution in [-0.4, -0.2) is 18.3 Å². The minimum Gasteiger partial charge on any atom is -0.318 e. The number of rotatable bonds is 4. The first-order chi connectivity index (χ1) is 34.2. The van der Waals surface area contributed by atoms with Gasteiger partial charge in [-0.1, -0.05) is 152 Å². The fraction of sp³-hybridized carbons (Fsp3) is 0. The van der Waals surface area contributed by atoms with E-state index in [0.717, 1.165) is 92.9 Å².